The number of benzene rings is 2. The monoisotopic (exact) mass is 364 g/mol. The van der Waals surface area contributed by atoms with Gasteiger partial charge in [0.25, 0.3) is 0 Å². The quantitative estimate of drug-likeness (QED) is 0.570. The van der Waals surface area contributed by atoms with Gasteiger partial charge in [-0.05, 0) is 65.6 Å². The number of hydrogen-bond acceptors (Lipinski definition) is 1. The number of ether oxygens (including phenoxy) is 1. The highest BCUT2D eigenvalue weighted by Crippen LogP contribution is 2.34. The third-order valence-corrected chi connectivity index (χ3v) is 4.57. The van der Waals surface area contributed by atoms with Crippen LogP contribution in [0.5, 0.6) is 5.75 Å². The van der Waals surface area contributed by atoms with E-state index in [1.54, 1.807) is 0 Å². The maximum atomic E-state index is 14.0. The van der Waals surface area contributed by atoms with E-state index in [9.17, 15) is 17.6 Å². The molecule has 5 heteroatoms. The molecule has 0 heterocycles. The van der Waals surface area contributed by atoms with E-state index < -0.39 is 17.9 Å². The van der Waals surface area contributed by atoms with Gasteiger partial charge in [0.1, 0.15) is 0 Å². The number of allylic oxidation sites excluding steroid dienone is 2. The summed E-state index contributed by atoms with van der Waals surface area (Å²) in [5, 5.41) is 0. The number of unbranched alkanes of at least 4 members (excludes halogenated alkanes) is 1. The number of aryl methyl sites for hydroxylation is 1. The lowest BCUT2D eigenvalue weighted by atomic mass is 9.87. The van der Waals surface area contributed by atoms with Gasteiger partial charge < -0.3 is 4.74 Å². The Morgan fingerprint density at radius 1 is 1.04 bits per heavy atom. The Morgan fingerprint density at radius 3 is 2.42 bits per heavy atom. The van der Waals surface area contributed by atoms with Crippen LogP contribution in [0.1, 0.15) is 42.0 Å². The summed E-state index contributed by atoms with van der Waals surface area (Å²) in [6.07, 6.45) is 1.38. The molecule has 138 valence electrons. The molecule has 0 atom stereocenters. The molecule has 0 bridgehead atoms. The highest BCUT2D eigenvalue weighted by atomic mass is 19.4. The van der Waals surface area contributed by atoms with Gasteiger partial charge in [0, 0.05) is 0 Å². The summed E-state index contributed by atoms with van der Waals surface area (Å²) in [7, 11) is 0. The molecular weight excluding hydrogens is 344 g/mol. The zero-order valence-corrected chi connectivity index (χ0v) is 14.5. The fraction of sp³-hybridized carbons (Fsp3) is 0.333. The first-order chi connectivity index (χ1) is 12.4. The van der Waals surface area contributed by atoms with Gasteiger partial charge >= 0.3 is 6.36 Å². The average molecular weight is 364 g/mol. The minimum atomic E-state index is -4.90. The van der Waals surface area contributed by atoms with Crippen molar-refractivity contribution in [3.05, 3.63) is 70.5 Å². The molecule has 2 aromatic rings. The summed E-state index contributed by atoms with van der Waals surface area (Å²) in [6.45, 7) is 2.16. The van der Waals surface area contributed by atoms with E-state index in [1.165, 1.54) is 5.56 Å². The topological polar surface area (TPSA) is 9.23 Å². The fourth-order valence-electron chi connectivity index (χ4n) is 3.19. The predicted molar refractivity (Wildman–Crippen MR) is 93.5 cm³/mol. The first-order valence-corrected chi connectivity index (χ1v) is 8.71. The van der Waals surface area contributed by atoms with Crippen LogP contribution in [0, 0.1) is 5.82 Å². The maximum absolute atomic E-state index is 14.0. The van der Waals surface area contributed by atoms with Crippen LogP contribution in [0.2, 0.25) is 0 Å². The van der Waals surface area contributed by atoms with E-state index in [4.69, 9.17) is 0 Å². The number of fused-ring (bicyclic) bond motifs is 1. The maximum Gasteiger partial charge on any atom is 0.573 e. The largest absolute Gasteiger partial charge is 0.573 e. The van der Waals surface area contributed by atoms with Crippen molar-refractivity contribution in [2.45, 2.75) is 45.4 Å². The summed E-state index contributed by atoms with van der Waals surface area (Å²) in [5.41, 5.74) is 4.77. The van der Waals surface area contributed by atoms with Crippen LogP contribution in [-0.4, -0.2) is 6.36 Å². The molecule has 0 radical (unpaired) electrons. The minimum absolute atomic E-state index is 0.455. The van der Waals surface area contributed by atoms with Crippen LogP contribution >= 0.6 is 0 Å². The summed E-state index contributed by atoms with van der Waals surface area (Å²) in [6, 6.07) is 10.6. The van der Waals surface area contributed by atoms with Gasteiger partial charge in [0.05, 0.1) is 0 Å². The SMILES string of the molecule is CCCCc1ccc(C2=CCc3cc(OC(F)(F)F)c(F)cc3C2)cc1. The zero-order valence-electron chi connectivity index (χ0n) is 14.5. The fourth-order valence-corrected chi connectivity index (χ4v) is 3.19. The van der Waals surface area contributed by atoms with Crippen molar-refractivity contribution in [1.29, 1.82) is 0 Å². The van der Waals surface area contributed by atoms with E-state index in [0.29, 0.717) is 24.0 Å². The van der Waals surface area contributed by atoms with Gasteiger partial charge in [0.2, 0.25) is 0 Å². The summed E-state index contributed by atoms with van der Waals surface area (Å²) < 4.78 is 54.8. The molecular formula is C21H20F4O. The van der Waals surface area contributed by atoms with Crippen LogP contribution in [0.3, 0.4) is 0 Å². The molecule has 0 saturated heterocycles. The van der Waals surface area contributed by atoms with Gasteiger partial charge in [-0.1, -0.05) is 43.7 Å². The van der Waals surface area contributed by atoms with Gasteiger partial charge in [-0.2, -0.15) is 0 Å². The second kappa shape index (κ2) is 7.52. The molecule has 1 nitrogen and oxygen atoms in total. The minimum Gasteiger partial charge on any atom is -0.403 e. The van der Waals surface area contributed by atoms with E-state index in [2.05, 4.69) is 35.9 Å². The Kier molecular flexibility index (Phi) is 5.35. The van der Waals surface area contributed by atoms with Gasteiger partial charge in [-0.3, -0.25) is 0 Å². The Balaban J connectivity index is 1.77. The second-order valence-corrected chi connectivity index (χ2v) is 6.51. The van der Waals surface area contributed by atoms with E-state index in [1.807, 2.05) is 6.08 Å². The summed E-state index contributed by atoms with van der Waals surface area (Å²) in [5.74, 6) is -1.76. The van der Waals surface area contributed by atoms with E-state index >= 15 is 0 Å². The first-order valence-electron chi connectivity index (χ1n) is 8.71. The number of halogens is 4. The molecule has 1 aliphatic rings. The lowest BCUT2D eigenvalue weighted by molar-refractivity contribution is -0.275. The molecule has 0 spiro atoms. The molecule has 0 saturated carbocycles. The number of rotatable bonds is 5. The first kappa shape index (κ1) is 18.5. The molecule has 0 aliphatic heterocycles. The van der Waals surface area contributed by atoms with Crippen LogP contribution in [0.25, 0.3) is 5.57 Å². The van der Waals surface area contributed by atoms with Gasteiger partial charge in [-0.15, -0.1) is 13.2 Å². The molecule has 3 rings (SSSR count). The van der Waals surface area contributed by atoms with Crippen LogP contribution in [0.4, 0.5) is 17.6 Å². The lowest BCUT2D eigenvalue weighted by Crippen LogP contribution is -2.18. The molecule has 0 N–H and O–H groups in total. The zero-order chi connectivity index (χ0) is 18.7. The normalized spacial score (nSPS) is 14.0. The van der Waals surface area contributed by atoms with Crippen LogP contribution in [0.15, 0.2) is 42.5 Å². The van der Waals surface area contributed by atoms with Crippen molar-refractivity contribution >= 4 is 5.57 Å². The Hall–Kier alpha value is -2.30. The van der Waals surface area contributed by atoms with Crippen LogP contribution < -0.4 is 4.74 Å². The second-order valence-electron chi connectivity index (χ2n) is 6.51. The Morgan fingerprint density at radius 2 is 1.77 bits per heavy atom. The molecule has 0 fully saturated rings. The Labute approximate surface area is 150 Å². The van der Waals surface area contributed by atoms with E-state index in [-0.39, 0.29) is 0 Å². The van der Waals surface area contributed by atoms with Crippen LogP contribution in [-0.2, 0) is 19.3 Å². The van der Waals surface area contributed by atoms with Crippen molar-refractivity contribution in [2.24, 2.45) is 0 Å². The average Bonchev–Trinajstić information content (AvgIpc) is 2.59. The molecule has 1 aliphatic carbocycles. The highest BCUT2D eigenvalue weighted by Gasteiger charge is 2.33. The highest BCUT2D eigenvalue weighted by molar-refractivity contribution is 5.71. The molecule has 0 amide bonds. The van der Waals surface area contributed by atoms with Crippen molar-refractivity contribution in [3.63, 3.8) is 0 Å². The van der Waals surface area contributed by atoms with Crippen molar-refractivity contribution in [3.8, 4) is 5.75 Å². The third-order valence-electron chi connectivity index (χ3n) is 4.57. The van der Waals surface area contributed by atoms with Gasteiger partial charge in [-0.25, -0.2) is 4.39 Å². The van der Waals surface area contributed by atoms with Crippen molar-refractivity contribution in [2.75, 3.05) is 0 Å². The predicted octanol–water partition coefficient (Wildman–Crippen LogP) is 6.25. The smallest absolute Gasteiger partial charge is 0.403 e. The number of hydrogen-bond donors (Lipinski definition) is 0. The van der Waals surface area contributed by atoms with Crippen molar-refractivity contribution < 1.29 is 22.3 Å². The molecule has 0 unspecified atom stereocenters. The summed E-state index contributed by atoms with van der Waals surface area (Å²) >= 11 is 0. The lowest BCUT2D eigenvalue weighted by Gasteiger charge is -2.19. The molecule has 26 heavy (non-hydrogen) atoms. The Bertz CT molecular complexity index is 804. The standard InChI is InChI=1S/C21H20F4O/c1-2-3-4-14-5-7-15(8-6-14)16-9-10-17-13-20(26-21(23,24)25)19(22)12-18(17)11-16/h5-9,12-13H,2-4,10-11H2,1H3. The van der Waals surface area contributed by atoms with Crippen molar-refractivity contribution in [1.82, 2.24) is 0 Å². The number of alkyl halides is 3. The summed E-state index contributed by atoms with van der Waals surface area (Å²) in [4.78, 5) is 0. The molecule has 2 aromatic carbocycles. The van der Waals surface area contributed by atoms with E-state index in [0.717, 1.165) is 42.5 Å². The third kappa shape index (κ3) is 4.45. The molecule has 0 aromatic heterocycles. The van der Waals surface area contributed by atoms with Gasteiger partial charge in [0.15, 0.2) is 11.6 Å².